The maximum absolute atomic E-state index is 5.13. The molecule has 0 fully saturated rings. The molecule has 3 aromatic carbocycles. The van der Waals surface area contributed by atoms with Crippen LogP contribution in [0.4, 0.5) is 0 Å². The lowest BCUT2D eigenvalue weighted by Crippen LogP contribution is -1.95. The quantitative estimate of drug-likeness (QED) is 0.243. The summed E-state index contributed by atoms with van der Waals surface area (Å²) in [5.41, 5.74) is 15.1. The molecule has 4 aromatic heterocycles. The Morgan fingerprint density at radius 2 is 1.54 bits per heavy atom. The first-order valence-electron chi connectivity index (χ1n) is 12.0. The van der Waals surface area contributed by atoms with Crippen LogP contribution in [0.2, 0.25) is 0 Å². The van der Waals surface area contributed by atoms with E-state index in [1.165, 1.54) is 55.3 Å². The van der Waals surface area contributed by atoms with E-state index in [0.29, 0.717) is 0 Å². The van der Waals surface area contributed by atoms with E-state index in [2.05, 4.69) is 70.0 Å². The zero-order valence-corrected chi connectivity index (χ0v) is 18.8. The highest BCUT2D eigenvalue weighted by Gasteiger charge is 2.30. The van der Waals surface area contributed by atoms with E-state index in [-0.39, 0.29) is 0 Å². The SMILES string of the molecule is c1ccc2c(c1)Cc1c-2ccc2c1Cc1ccc3c4cnccc4n4c5ncccc5nc4c3c1-2. The molecule has 2 aliphatic carbocycles. The Balaban J connectivity index is 1.45. The van der Waals surface area contributed by atoms with Gasteiger partial charge in [0.1, 0.15) is 11.2 Å². The number of hydrogen-bond acceptors (Lipinski definition) is 3. The molecule has 162 valence electrons. The highest BCUT2D eigenvalue weighted by atomic mass is 15.1. The van der Waals surface area contributed by atoms with Gasteiger partial charge in [-0.15, -0.1) is 0 Å². The van der Waals surface area contributed by atoms with Crippen molar-refractivity contribution < 1.29 is 0 Å². The summed E-state index contributed by atoms with van der Waals surface area (Å²) in [6, 6.07) is 24.2. The molecular weight excluding hydrogens is 428 g/mol. The van der Waals surface area contributed by atoms with Crippen LogP contribution in [0.25, 0.3) is 60.7 Å². The molecule has 0 aliphatic heterocycles. The van der Waals surface area contributed by atoms with E-state index in [1.807, 2.05) is 24.7 Å². The van der Waals surface area contributed by atoms with Gasteiger partial charge in [0.05, 0.1) is 5.52 Å². The third kappa shape index (κ3) is 2.11. The minimum absolute atomic E-state index is 0.890. The molecular formula is C31H18N4. The molecule has 35 heavy (non-hydrogen) atoms. The summed E-state index contributed by atoms with van der Waals surface area (Å²) in [7, 11) is 0. The minimum Gasteiger partial charge on any atom is -0.276 e. The summed E-state index contributed by atoms with van der Waals surface area (Å²) in [5.74, 6) is 0. The van der Waals surface area contributed by atoms with Crippen molar-refractivity contribution in [2.45, 2.75) is 12.8 Å². The molecule has 0 saturated carbocycles. The van der Waals surface area contributed by atoms with Crippen LogP contribution < -0.4 is 0 Å². The number of fused-ring (bicyclic) bond motifs is 16. The van der Waals surface area contributed by atoms with Gasteiger partial charge in [-0.2, -0.15) is 0 Å². The van der Waals surface area contributed by atoms with Crippen LogP contribution in [0.5, 0.6) is 0 Å². The van der Waals surface area contributed by atoms with E-state index in [1.54, 1.807) is 0 Å². The highest BCUT2D eigenvalue weighted by Crippen LogP contribution is 2.49. The van der Waals surface area contributed by atoms with Crippen LogP contribution in [0, 0.1) is 0 Å². The van der Waals surface area contributed by atoms with Gasteiger partial charge in [-0.05, 0) is 80.9 Å². The molecule has 0 N–H and O–H groups in total. The van der Waals surface area contributed by atoms with Crippen molar-refractivity contribution in [1.82, 2.24) is 19.4 Å². The fourth-order valence-corrected chi connectivity index (χ4v) is 6.56. The van der Waals surface area contributed by atoms with Gasteiger partial charge in [0.25, 0.3) is 0 Å². The second-order valence-corrected chi connectivity index (χ2v) is 9.66. The van der Waals surface area contributed by atoms with Gasteiger partial charge in [-0.1, -0.05) is 48.5 Å². The van der Waals surface area contributed by atoms with Gasteiger partial charge in [0.2, 0.25) is 0 Å². The van der Waals surface area contributed by atoms with Gasteiger partial charge in [0, 0.05) is 29.4 Å². The van der Waals surface area contributed by atoms with Crippen LogP contribution in [0.15, 0.2) is 85.3 Å². The molecule has 4 nitrogen and oxygen atoms in total. The lowest BCUT2D eigenvalue weighted by molar-refractivity contribution is 1.16. The van der Waals surface area contributed by atoms with Gasteiger partial charge in [-0.25, -0.2) is 9.97 Å². The molecule has 7 aromatic rings. The van der Waals surface area contributed by atoms with Crippen LogP contribution in [-0.2, 0) is 12.8 Å². The van der Waals surface area contributed by atoms with Crippen molar-refractivity contribution in [2.24, 2.45) is 0 Å². The molecule has 0 atom stereocenters. The number of rotatable bonds is 0. The molecule has 0 spiro atoms. The molecule has 0 bridgehead atoms. The summed E-state index contributed by atoms with van der Waals surface area (Å²) in [6.45, 7) is 0. The van der Waals surface area contributed by atoms with Crippen LogP contribution in [0.3, 0.4) is 0 Å². The molecule has 4 heterocycles. The normalized spacial score (nSPS) is 13.5. The third-order valence-corrected chi connectivity index (χ3v) is 8.00. The number of imidazole rings is 1. The number of nitrogens with zero attached hydrogens (tertiary/aromatic N) is 4. The number of aromatic nitrogens is 4. The van der Waals surface area contributed by atoms with E-state index >= 15 is 0 Å². The zero-order valence-electron chi connectivity index (χ0n) is 18.8. The monoisotopic (exact) mass is 446 g/mol. The topological polar surface area (TPSA) is 43.1 Å². The lowest BCUT2D eigenvalue weighted by atomic mass is 9.94. The Hall–Kier alpha value is -4.57. The Bertz CT molecular complexity index is 2070. The molecule has 0 saturated heterocycles. The van der Waals surface area contributed by atoms with Crippen LogP contribution >= 0.6 is 0 Å². The molecule has 4 heteroatoms. The van der Waals surface area contributed by atoms with Crippen molar-refractivity contribution in [1.29, 1.82) is 0 Å². The van der Waals surface area contributed by atoms with Crippen molar-refractivity contribution >= 4 is 38.5 Å². The maximum atomic E-state index is 5.13. The predicted octanol–water partition coefficient (Wildman–Crippen LogP) is 6.73. The fraction of sp³-hybridized carbons (Fsp3) is 0.0645. The number of hydrogen-bond donors (Lipinski definition) is 0. The molecule has 9 rings (SSSR count). The van der Waals surface area contributed by atoms with Crippen molar-refractivity contribution in [3.8, 4) is 22.3 Å². The Kier molecular flexibility index (Phi) is 3.11. The summed E-state index contributed by atoms with van der Waals surface area (Å²) in [4.78, 5) is 14.3. The first-order valence-corrected chi connectivity index (χ1v) is 12.0. The summed E-state index contributed by atoms with van der Waals surface area (Å²) in [5, 5.41) is 3.53. The smallest absolute Gasteiger partial charge is 0.164 e. The first kappa shape index (κ1) is 17.8. The van der Waals surface area contributed by atoms with Crippen LogP contribution in [-0.4, -0.2) is 19.4 Å². The van der Waals surface area contributed by atoms with E-state index in [9.17, 15) is 0 Å². The number of benzene rings is 3. The van der Waals surface area contributed by atoms with Gasteiger partial charge in [-0.3, -0.25) is 9.38 Å². The summed E-state index contributed by atoms with van der Waals surface area (Å²) in [6.07, 6.45) is 7.66. The predicted molar refractivity (Wildman–Crippen MR) is 140 cm³/mol. The largest absolute Gasteiger partial charge is 0.276 e. The molecule has 0 unspecified atom stereocenters. The van der Waals surface area contributed by atoms with Crippen molar-refractivity contribution in [3.63, 3.8) is 0 Å². The molecule has 0 amide bonds. The van der Waals surface area contributed by atoms with E-state index in [0.717, 1.165) is 40.6 Å². The number of pyridine rings is 3. The van der Waals surface area contributed by atoms with E-state index < -0.39 is 0 Å². The fourth-order valence-electron chi connectivity index (χ4n) is 6.56. The van der Waals surface area contributed by atoms with E-state index in [4.69, 9.17) is 9.97 Å². The zero-order chi connectivity index (χ0) is 22.7. The highest BCUT2D eigenvalue weighted by molar-refractivity contribution is 6.19. The summed E-state index contributed by atoms with van der Waals surface area (Å²) < 4.78 is 2.22. The van der Waals surface area contributed by atoms with Crippen molar-refractivity contribution in [3.05, 3.63) is 108 Å². The third-order valence-electron chi connectivity index (χ3n) is 8.00. The average Bonchev–Trinajstić information content (AvgIpc) is 3.59. The first-order chi connectivity index (χ1) is 17.4. The minimum atomic E-state index is 0.890. The Morgan fingerprint density at radius 3 is 2.54 bits per heavy atom. The Labute approximate surface area is 200 Å². The Morgan fingerprint density at radius 1 is 0.657 bits per heavy atom. The lowest BCUT2D eigenvalue weighted by Gasteiger charge is -2.13. The van der Waals surface area contributed by atoms with Gasteiger partial charge < -0.3 is 0 Å². The summed E-state index contributed by atoms with van der Waals surface area (Å²) >= 11 is 0. The average molecular weight is 447 g/mol. The van der Waals surface area contributed by atoms with Gasteiger partial charge >= 0.3 is 0 Å². The standard InChI is InChI=1S/C31H18N4/c1-2-5-19-17(4-1)14-23-20(19)9-10-21-24(23)15-18-7-8-22-25-16-32-13-11-27(25)35-30-26(6-3-12-33-30)34-31(35)29(22)28(18)21/h1-13,16H,14-15H2. The van der Waals surface area contributed by atoms with Gasteiger partial charge in [0.15, 0.2) is 5.65 Å². The van der Waals surface area contributed by atoms with Crippen molar-refractivity contribution in [2.75, 3.05) is 0 Å². The molecule has 0 radical (unpaired) electrons. The second kappa shape index (κ2) is 6.10. The molecule has 2 aliphatic rings. The maximum Gasteiger partial charge on any atom is 0.164 e. The van der Waals surface area contributed by atoms with Crippen LogP contribution in [0.1, 0.15) is 22.3 Å². The second-order valence-electron chi connectivity index (χ2n) is 9.66.